The third-order valence-corrected chi connectivity index (χ3v) is 5.76. The summed E-state index contributed by atoms with van der Waals surface area (Å²) in [5.41, 5.74) is 3.74. The highest BCUT2D eigenvalue weighted by Gasteiger charge is 2.17. The van der Waals surface area contributed by atoms with Crippen molar-refractivity contribution in [2.45, 2.75) is 32.0 Å². The van der Waals surface area contributed by atoms with E-state index in [4.69, 9.17) is 9.47 Å². The number of nitrogens with one attached hydrogen (secondary N) is 2. The number of H-pyrrole nitrogens is 1. The van der Waals surface area contributed by atoms with E-state index in [1.807, 2.05) is 12.3 Å². The number of benzene rings is 2. The van der Waals surface area contributed by atoms with Gasteiger partial charge < -0.3 is 19.8 Å². The molecule has 0 saturated carbocycles. The summed E-state index contributed by atoms with van der Waals surface area (Å²) in [7, 11) is 2.19. The topological polar surface area (TPSA) is 49.5 Å². The zero-order valence-corrected chi connectivity index (χ0v) is 17.2. The molecule has 1 aliphatic rings. The molecule has 1 fully saturated rings. The first-order valence-corrected chi connectivity index (χ1v) is 10.5. The number of aromatic nitrogens is 1. The van der Waals surface area contributed by atoms with Crippen molar-refractivity contribution in [3.05, 3.63) is 65.9 Å². The highest BCUT2D eigenvalue weighted by atomic mass is 16.5. The zero-order chi connectivity index (χ0) is 19.9. The van der Waals surface area contributed by atoms with Crippen molar-refractivity contribution in [2.24, 2.45) is 0 Å². The zero-order valence-electron chi connectivity index (χ0n) is 17.2. The van der Waals surface area contributed by atoms with E-state index in [0.29, 0.717) is 12.6 Å². The molecule has 1 aromatic heterocycles. The molecule has 154 valence electrons. The number of aromatic amines is 1. The summed E-state index contributed by atoms with van der Waals surface area (Å²) in [6, 6.07) is 17.5. The third kappa shape index (κ3) is 5.38. The van der Waals surface area contributed by atoms with Gasteiger partial charge in [0.05, 0.1) is 0 Å². The van der Waals surface area contributed by atoms with Gasteiger partial charge in [0, 0.05) is 56.0 Å². The van der Waals surface area contributed by atoms with Crippen LogP contribution in [0.3, 0.4) is 0 Å². The summed E-state index contributed by atoms with van der Waals surface area (Å²) in [6.07, 6.45) is 4.23. The minimum absolute atomic E-state index is 0.618. The van der Waals surface area contributed by atoms with Gasteiger partial charge >= 0.3 is 0 Å². The van der Waals surface area contributed by atoms with E-state index in [-0.39, 0.29) is 0 Å². The molecule has 0 bridgehead atoms. The lowest BCUT2D eigenvalue weighted by molar-refractivity contribution is 0.0392. The summed E-state index contributed by atoms with van der Waals surface area (Å²) in [6.45, 7) is 5.07. The summed E-state index contributed by atoms with van der Waals surface area (Å²) in [5, 5.41) is 4.84. The van der Waals surface area contributed by atoms with Crippen LogP contribution >= 0.6 is 0 Å². The van der Waals surface area contributed by atoms with Gasteiger partial charge in [-0.25, -0.2) is 0 Å². The molecule has 0 unspecified atom stereocenters. The molecule has 5 nitrogen and oxygen atoms in total. The Labute approximate surface area is 173 Å². The molecule has 4 rings (SSSR count). The molecule has 1 aliphatic heterocycles. The van der Waals surface area contributed by atoms with Gasteiger partial charge in [0.25, 0.3) is 0 Å². The van der Waals surface area contributed by atoms with Crippen molar-refractivity contribution < 1.29 is 9.47 Å². The Hall–Kier alpha value is -2.34. The maximum absolute atomic E-state index is 6.02. The van der Waals surface area contributed by atoms with E-state index in [9.17, 15) is 0 Å². The number of likely N-dealkylation sites (N-methyl/N-ethyl adjacent to an activating group) is 1. The Morgan fingerprint density at radius 2 is 1.97 bits per heavy atom. The fraction of sp³-hybridized carbons (Fsp3) is 0.417. The largest absolute Gasteiger partial charge is 0.492 e. The van der Waals surface area contributed by atoms with Gasteiger partial charge in [-0.05, 0) is 55.3 Å². The molecule has 0 radical (unpaired) electrons. The highest BCUT2D eigenvalue weighted by molar-refractivity contribution is 5.82. The lowest BCUT2D eigenvalue weighted by Crippen LogP contribution is -2.38. The highest BCUT2D eigenvalue weighted by Crippen LogP contribution is 2.18. The van der Waals surface area contributed by atoms with Crippen molar-refractivity contribution in [3.8, 4) is 5.75 Å². The van der Waals surface area contributed by atoms with Gasteiger partial charge in [-0.15, -0.1) is 0 Å². The molecule has 3 aromatic rings. The molecular formula is C24H31N3O2. The van der Waals surface area contributed by atoms with Crippen LogP contribution in [0.2, 0.25) is 0 Å². The van der Waals surface area contributed by atoms with Crippen molar-refractivity contribution in [3.63, 3.8) is 0 Å². The molecule has 1 saturated heterocycles. The van der Waals surface area contributed by atoms with Crippen LogP contribution in [0.5, 0.6) is 5.75 Å². The monoisotopic (exact) mass is 393 g/mol. The van der Waals surface area contributed by atoms with Crippen molar-refractivity contribution in [1.82, 2.24) is 15.2 Å². The lowest BCUT2D eigenvalue weighted by Gasteiger charge is -2.31. The average molecular weight is 394 g/mol. The molecule has 29 heavy (non-hydrogen) atoms. The van der Waals surface area contributed by atoms with Gasteiger partial charge in [0.2, 0.25) is 0 Å². The van der Waals surface area contributed by atoms with Gasteiger partial charge in [0.1, 0.15) is 12.4 Å². The number of nitrogens with zero attached hydrogens (tertiary/aromatic N) is 1. The Kier molecular flexibility index (Phi) is 6.83. The van der Waals surface area contributed by atoms with Crippen LogP contribution in [0, 0.1) is 0 Å². The lowest BCUT2D eigenvalue weighted by atomic mass is 10.1. The molecule has 0 aliphatic carbocycles. The van der Waals surface area contributed by atoms with Gasteiger partial charge in [-0.3, -0.25) is 4.90 Å². The SMILES string of the molecule is CN(CCOc1cccc(CNCc2cccc3[nH]ccc23)c1)C1CCOCC1. The Morgan fingerprint density at radius 3 is 2.86 bits per heavy atom. The second-order valence-corrected chi connectivity index (χ2v) is 7.78. The number of ether oxygens (including phenoxy) is 2. The van der Waals surface area contributed by atoms with Crippen molar-refractivity contribution >= 4 is 10.9 Å². The molecule has 2 heterocycles. The molecule has 2 N–H and O–H groups in total. The van der Waals surface area contributed by atoms with Crippen LogP contribution in [0.4, 0.5) is 0 Å². The second-order valence-electron chi connectivity index (χ2n) is 7.78. The Morgan fingerprint density at radius 1 is 1.10 bits per heavy atom. The quantitative estimate of drug-likeness (QED) is 0.578. The molecule has 2 aromatic carbocycles. The van der Waals surface area contributed by atoms with Crippen molar-refractivity contribution in [1.29, 1.82) is 0 Å². The first kappa shape index (κ1) is 20.0. The predicted octanol–water partition coefficient (Wildman–Crippen LogP) is 3.95. The molecule has 0 spiro atoms. The Balaban J connectivity index is 1.23. The van der Waals surface area contributed by atoms with Gasteiger partial charge in [-0.1, -0.05) is 24.3 Å². The second kappa shape index (κ2) is 9.92. The van der Waals surface area contributed by atoms with E-state index in [2.05, 4.69) is 64.7 Å². The van der Waals surface area contributed by atoms with E-state index in [0.717, 1.165) is 51.4 Å². The van der Waals surface area contributed by atoms with Crippen LogP contribution in [0.25, 0.3) is 10.9 Å². The summed E-state index contributed by atoms with van der Waals surface area (Å²) in [5.74, 6) is 0.942. The van der Waals surface area contributed by atoms with Crippen LogP contribution in [0.1, 0.15) is 24.0 Å². The molecular weight excluding hydrogens is 362 g/mol. The Bertz CT molecular complexity index is 902. The van der Waals surface area contributed by atoms with Gasteiger partial charge in [-0.2, -0.15) is 0 Å². The van der Waals surface area contributed by atoms with E-state index in [1.165, 1.54) is 22.0 Å². The number of rotatable bonds is 9. The van der Waals surface area contributed by atoms with Gasteiger partial charge in [0.15, 0.2) is 0 Å². The average Bonchev–Trinajstić information content (AvgIpc) is 3.24. The fourth-order valence-electron chi connectivity index (χ4n) is 4.01. The summed E-state index contributed by atoms with van der Waals surface area (Å²) in [4.78, 5) is 5.67. The van der Waals surface area contributed by atoms with E-state index in [1.54, 1.807) is 0 Å². The number of hydrogen-bond donors (Lipinski definition) is 2. The van der Waals surface area contributed by atoms with Crippen molar-refractivity contribution in [2.75, 3.05) is 33.4 Å². The normalized spacial score (nSPS) is 15.2. The molecule has 0 atom stereocenters. The molecule has 0 amide bonds. The first-order valence-electron chi connectivity index (χ1n) is 10.5. The predicted molar refractivity (Wildman–Crippen MR) is 117 cm³/mol. The maximum Gasteiger partial charge on any atom is 0.119 e. The van der Waals surface area contributed by atoms with Crippen LogP contribution in [0.15, 0.2) is 54.7 Å². The first-order chi connectivity index (χ1) is 14.3. The maximum atomic E-state index is 6.02. The minimum atomic E-state index is 0.618. The van der Waals surface area contributed by atoms with Crippen LogP contribution in [-0.4, -0.2) is 49.3 Å². The minimum Gasteiger partial charge on any atom is -0.492 e. The number of fused-ring (bicyclic) bond motifs is 1. The molecule has 5 heteroatoms. The standard InChI is InChI=1S/C24H31N3O2/c1-27(21-9-13-28-14-10-21)12-15-29-22-6-2-4-19(16-22)17-25-18-20-5-3-7-24-23(20)8-11-26-24/h2-8,11,16,21,25-26H,9-10,12-15,17-18H2,1H3. The van der Waals surface area contributed by atoms with Crippen LogP contribution < -0.4 is 10.1 Å². The fourth-order valence-corrected chi connectivity index (χ4v) is 4.01. The summed E-state index contributed by atoms with van der Waals surface area (Å²) >= 11 is 0. The summed E-state index contributed by atoms with van der Waals surface area (Å²) < 4.78 is 11.5. The van der Waals surface area contributed by atoms with E-state index < -0.39 is 0 Å². The number of hydrogen-bond acceptors (Lipinski definition) is 4. The smallest absolute Gasteiger partial charge is 0.119 e. The third-order valence-electron chi connectivity index (χ3n) is 5.76. The van der Waals surface area contributed by atoms with Crippen LogP contribution in [-0.2, 0) is 17.8 Å². The van der Waals surface area contributed by atoms with E-state index >= 15 is 0 Å².